The van der Waals surface area contributed by atoms with E-state index in [1.54, 1.807) is 13.2 Å². The van der Waals surface area contributed by atoms with Crippen molar-refractivity contribution in [1.82, 2.24) is 0 Å². The molecule has 0 aliphatic heterocycles. The van der Waals surface area contributed by atoms with Gasteiger partial charge in [0.25, 0.3) is 0 Å². The van der Waals surface area contributed by atoms with Crippen LogP contribution in [0.2, 0.25) is 0 Å². The van der Waals surface area contributed by atoms with Crippen molar-refractivity contribution in [3.05, 3.63) is 53.3 Å². The molecular formula is C17H20FNO2. The molecule has 2 rings (SSSR count). The van der Waals surface area contributed by atoms with Gasteiger partial charge in [-0.2, -0.15) is 0 Å². The highest BCUT2D eigenvalue weighted by Gasteiger charge is 2.14. The zero-order chi connectivity index (χ0) is 15.4. The van der Waals surface area contributed by atoms with E-state index < -0.39 is 0 Å². The summed E-state index contributed by atoms with van der Waals surface area (Å²) < 4.78 is 23.9. The predicted molar refractivity (Wildman–Crippen MR) is 82.7 cm³/mol. The maximum absolute atomic E-state index is 13.2. The van der Waals surface area contributed by atoms with Gasteiger partial charge in [0.1, 0.15) is 17.3 Å². The summed E-state index contributed by atoms with van der Waals surface area (Å²) in [5, 5.41) is 3.33. The van der Waals surface area contributed by atoms with Crippen LogP contribution in [0.15, 0.2) is 36.4 Å². The van der Waals surface area contributed by atoms with Crippen molar-refractivity contribution in [2.24, 2.45) is 0 Å². The van der Waals surface area contributed by atoms with Crippen LogP contribution in [0.4, 0.5) is 10.1 Å². The number of ether oxygens (including phenoxy) is 2. The molecule has 0 saturated carbocycles. The van der Waals surface area contributed by atoms with Crippen LogP contribution in [0.5, 0.6) is 11.5 Å². The van der Waals surface area contributed by atoms with Gasteiger partial charge in [0.05, 0.1) is 25.9 Å². The largest absolute Gasteiger partial charge is 0.496 e. The molecule has 0 heterocycles. The van der Waals surface area contributed by atoms with Gasteiger partial charge in [0.2, 0.25) is 0 Å². The Morgan fingerprint density at radius 1 is 1.00 bits per heavy atom. The Morgan fingerprint density at radius 2 is 1.71 bits per heavy atom. The number of hydrogen-bond donors (Lipinski definition) is 1. The number of halogens is 1. The molecule has 0 fully saturated rings. The van der Waals surface area contributed by atoms with E-state index in [9.17, 15) is 4.39 Å². The highest BCUT2D eigenvalue weighted by molar-refractivity contribution is 5.58. The second-order valence-corrected chi connectivity index (χ2v) is 4.96. The molecule has 1 unspecified atom stereocenters. The molecule has 0 bridgehead atoms. The second-order valence-electron chi connectivity index (χ2n) is 4.96. The van der Waals surface area contributed by atoms with E-state index in [4.69, 9.17) is 9.47 Å². The first-order valence-electron chi connectivity index (χ1n) is 6.79. The number of rotatable bonds is 5. The van der Waals surface area contributed by atoms with Crippen molar-refractivity contribution in [2.75, 3.05) is 19.5 Å². The Hall–Kier alpha value is -2.23. The molecule has 0 spiro atoms. The van der Waals surface area contributed by atoms with Crippen molar-refractivity contribution >= 4 is 5.69 Å². The minimum atomic E-state index is -0.321. The molecule has 0 amide bonds. The first-order chi connectivity index (χ1) is 10.0. The van der Waals surface area contributed by atoms with Crippen molar-refractivity contribution in [3.63, 3.8) is 0 Å². The molecule has 0 radical (unpaired) electrons. The predicted octanol–water partition coefficient (Wildman–Crippen LogP) is 4.32. The number of methoxy groups -OCH3 is 2. The van der Waals surface area contributed by atoms with Crippen LogP contribution < -0.4 is 14.8 Å². The highest BCUT2D eigenvalue weighted by atomic mass is 19.1. The Balaban J connectivity index is 2.28. The SMILES string of the molecule is COc1cc(F)ccc1NC(C)c1ccc(C)cc1OC. The fourth-order valence-corrected chi connectivity index (χ4v) is 2.27. The molecule has 0 saturated heterocycles. The van der Waals surface area contributed by atoms with Crippen LogP contribution in [-0.4, -0.2) is 14.2 Å². The maximum atomic E-state index is 13.2. The van der Waals surface area contributed by atoms with E-state index >= 15 is 0 Å². The van der Waals surface area contributed by atoms with E-state index in [0.717, 1.165) is 22.6 Å². The normalized spacial score (nSPS) is 11.9. The first kappa shape index (κ1) is 15.2. The standard InChI is InChI=1S/C17H20FNO2/c1-11-5-7-14(16(9-11)20-3)12(2)19-15-8-6-13(18)10-17(15)21-4/h5-10,12,19H,1-4H3. The zero-order valence-corrected chi connectivity index (χ0v) is 12.7. The molecule has 112 valence electrons. The van der Waals surface area contributed by atoms with Gasteiger partial charge in [-0.05, 0) is 37.6 Å². The monoisotopic (exact) mass is 289 g/mol. The van der Waals surface area contributed by atoms with Crippen molar-refractivity contribution in [1.29, 1.82) is 0 Å². The van der Waals surface area contributed by atoms with E-state index in [2.05, 4.69) is 5.32 Å². The third kappa shape index (κ3) is 3.45. The van der Waals surface area contributed by atoms with Crippen LogP contribution >= 0.6 is 0 Å². The highest BCUT2D eigenvalue weighted by Crippen LogP contribution is 2.32. The third-order valence-electron chi connectivity index (χ3n) is 3.39. The van der Waals surface area contributed by atoms with Gasteiger partial charge in [-0.1, -0.05) is 12.1 Å². The topological polar surface area (TPSA) is 30.5 Å². The molecule has 3 nitrogen and oxygen atoms in total. The molecule has 21 heavy (non-hydrogen) atoms. The van der Waals surface area contributed by atoms with E-state index in [1.165, 1.54) is 19.2 Å². The Morgan fingerprint density at radius 3 is 2.38 bits per heavy atom. The smallest absolute Gasteiger partial charge is 0.144 e. The number of hydrogen-bond acceptors (Lipinski definition) is 3. The third-order valence-corrected chi connectivity index (χ3v) is 3.39. The molecule has 2 aromatic rings. The molecule has 1 atom stereocenters. The second kappa shape index (κ2) is 6.48. The summed E-state index contributed by atoms with van der Waals surface area (Å²) in [4.78, 5) is 0. The van der Waals surface area contributed by atoms with Crippen LogP contribution in [0.1, 0.15) is 24.1 Å². The van der Waals surface area contributed by atoms with Gasteiger partial charge >= 0.3 is 0 Å². The number of aryl methyl sites for hydroxylation is 1. The van der Waals surface area contributed by atoms with Gasteiger partial charge in [-0.3, -0.25) is 0 Å². The lowest BCUT2D eigenvalue weighted by atomic mass is 10.0. The van der Waals surface area contributed by atoms with E-state index in [-0.39, 0.29) is 11.9 Å². The molecule has 1 N–H and O–H groups in total. The van der Waals surface area contributed by atoms with Crippen LogP contribution in [0.3, 0.4) is 0 Å². The fraction of sp³-hybridized carbons (Fsp3) is 0.294. The number of nitrogens with one attached hydrogen (secondary N) is 1. The minimum absolute atomic E-state index is 0.0000822. The van der Waals surface area contributed by atoms with Crippen LogP contribution in [0, 0.1) is 12.7 Å². The average molecular weight is 289 g/mol. The summed E-state index contributed by atoms with van der Waals surface area (Å²) in [6.45, 7) is 4.05. The van der Waals surface area contributed by atoms with Gasteiger partial charge in [-0.25, -0.2) is 4.39 Å². The van der Waals surface area contributed by atoms with Gasteiger partial charge in [0.15, 0.2) is 0 Å². The Labute approximate surface area is 124 Å². The van der Waals surface area contributed by atoms with Crippen molar-refractivity contribution < 1.29 is 13.9 Å². The molecular weight excluding hydrogens is 269 g/mol. The summed E-state index contributed by atoms with van der Waals surface area (Å²) in [6.07, 6.45) is 0. The first-order valence-corrected chi connectivity index (χ1v) is 6.79. The van der Waals surface area contributed by atoms with Gasteiger partial charge in [0, 0.05) is 11.6 Å². The minimum Gasteiger partial charge on any atom is -0.496 e. The summed E-state index contributed by atoms with van der Waals surface area (Å²) in [7, 11) is 3.18. The fourth-order valence-electron chi connectivity index (χ4n) is 2.27. The lowest BCUT2D eigenvalue weighted by Crippen LogP contribution is -2.09. The number of benzene rings is 2. The Kier molecular flexibility index (Phi) is 4.68. The zero-order valence-electron chi connectivity index (χ0n) is 12.7. The van der Waals surface area contributed by atoms with Crippen LogP contribution in [0.25, 0.3) is 0 Å². The molecule has 0 aliphatic carbocycles. The van der Waals surface area contributed by atoms with E-state index in [0.29, 0.717) is 5.75 Å². The van der Waals surface area contributed by atoms with Crippen molar-refractivity contribution in [2.45, 2.75) is 19.9 Å². The molecule has 0 aliphatic rings. The Bertz CT molecular complexity index is 628. The van der Waals surface area contributed by atoms with Crippen molar-refractivity contribution in [3.8, 4) is 11.5 Å². The summed E-state index contributed by atoms with van der Waals surface area (Å²) >= 11 is 0. The lowest BCUT2D eigenvalue weighted by molar-refractivity contribution is 0.406. The number of anilines is 1. The van der Waals surface area contributed by atoms with E-state index in [1.807, 2.05) is 32.0 Å². The molecule has 0 aromatic heterocycles. The summed E-state index contributed by atoms with van der Waals surface area (Å²) in [5.74, 6) is 0.988. The molecule has 2 aromatic carbocycles. The quantitative estimate of drug-likeness (QED) is 0.889. The van der Waals surface area contributed by atoms with Gasteiger partial charge in [-0.15, -0.1) is 0 Å². The molecule has 4 heteroatoms. The average Bonchev–Trinajstić information content (AvgIpc) is 2.48. The maximum Gasteiger partial charge on any atom is 0.144 e. The summed E-state index contributed by atoms with van der Waals surface area (Å²) in [5.41, 5.74) is 2.92. The van der Waals surface area contributed by atoms with Gasteiger partial charge < -0.3 is 14.8 Å². The van der Waals surface area contributed by atoms with Crippen LogP contribution in [-0.2, 0) is 0 Å². The lowest BCUT2D eigenvalue weighted by Gasteiger charge is -2.20. The summed E-state index contributed by atoms with van der Waals surface area (Å²) in [6, 6.07) is 10.5.